The molecular weight excluding hydrogens is 368 g/mol. The van der Waals surface area contributed by atoms with Crippen molar-refractivity contribution >= 4 is 34.2 Å². The van der Waals surface area contributed by atoms with Gasteiger partial charge in [0.15, 0.2) is 5.69 Å². The van der Waals surface area contributed by atoms with E-state index < -0.39 is 11.9 Å². The minimum absolute atomic E-state index is 0.0585. The van der Waals surface area contributed by atoms with E-state index in [2.05, 4.69) is 10.3 Å². The highest BCUT2D eigenvalue weighted by molar-refractivity contribution is 6.13. The molecule has 6 heteroatoms. The molecule has 0 saturated heterocycles. The Bertz CT molecular complexity index is 1080. The molecule has 29 heavy (non-hydrogen) atoms. The molecule has 0 atom stereocenters. The third kappa shape index (κ3) is 4.06. The lowest BCUT2D eigenvalue weighted by Gasteiger charge is -2.18. The minimum Gasteiger partial charge on any atom is -0.462 e. The second kappa shape index (κ2) is 8.73. The van der Waals surface area contributed by atoms with Gasteiger partial charge in [0.25, 0.3) is 0 Å². The minimum atomic E-state index is -0.662. The smallest absolute Gasteiger partial charge is 0.357 e. The van der Waals surface area contributed by atoms with E-state index in [4.69, 9.17) is 9.47 Å². The number of pyridine rings is 1. The van der Waals surface area contributed by atoms with E-state index in [-0.39, 0.29) is 24.5 Å². The van der Waals surface area contributed by atoms with Crippen LogP contribution in [0.4, 0.5) is 11.4 Å². The number of ether oxygens (including phenoxy) is 2. The molecule has 1 aromatic heterocycles. The Morgan fingerprint density at radius 3 is 2.34 bits per heavy atom. The van der Waals surface area contributed by atoms with Crippen molar-refractivity contribution in [2.75, 3.05) is 18.5 Å². The molecule has 3 aromatic rings. The van der Waals surface area contributed by atoms with Crippen LogP contribution in [-0.2, 0) is 9.47 Å². The molecule has 0 aliphatic carbocycles. The molecule has 0 fully saturated rings. The number of hydrogen-bond donors (Lipinski definition) is 1. The summed E-state index contributed by atoms with van der Waals surface area (Å²) in [5.41, 5.74) is 4.06. The van der Waals surface area contributed by atoms with E-state index in [1.165, 1.54) is 0 Å². The average molecular weight is 392 g/mol. The van der Waals surface area contributed by atoms with Gasteiger partial charge >= 0.3 is 11.9 Å². The van der Waals surface area contributed by atoms with Gasteiger partial charge in [0.05, 0.1) is 24.4 Å². The molecule has 0 spiro atoms. The maximum atomic E-state index is 12.9. The molecule has 2 aromatic carbocycles. The van der Waals surface area contributed by atoms with Crippen molar-refractivity contribution in [3.63, 3.8) is 0 Å². The molecule has 150 valence electrons. The van der Waals surface area contributed by atoms with Gasteiger partial charge in [0.2, 0.25) is 0 Å². The fourth-order valence-corrected chi connectivity index (χ4v) is 3.11. The topological polar surface area (TPSA) is 77.5 Å². The van der Waals surface area contributed by atoms with Crippen LogP contribution in [0.1, 0.15) is 45.8 Å². The highest BCUT2D eigenvalue weighted by atomic mass is 16.5. The number of aryl methyl sites for hydroxylation is 1. The van der Waals surface area contributed by atoms with Crippen molar-refractivity contribution < 1.29 is 19.1 Å². The van der Waals surface area contributed by atoms with E-state index in [1.54, 1.807) is 19.9 Å². The van der Waals surface area contributed by atoms with Crippen molar-refractivity contribution in [2.45, 2.75) is 27.7 Å². The summed E-state index contributed by atoms with van der Waals surface area (Å²) < 4.78 is 10.4. The monoisotopic (exact) mass is 392 g/mol. The number of nitrogens with zero attached hydrogens (tertiary/aromatic N) is 1. The van der Waals surface area contributed by atoms with Crippen LogP contribution in [-0.4, -0.2) is 30.1 Å². The van der Waals surface area contributed by atoms with Gasteiger partial charge in [-0.05, 0) is 51.0 Å². The maximum absolute atomic E-state index is 12.9. The van der Waals surface area contributed by atoms with Gasteiger partial charge in [-0.2, -0.15) is 0 Å². The number of esters is 2. The predicted octanol–water partition coefficient (Wildman–Crippen LogP) is 4.95. The van der Waals surface area contributed by atoms with Crippen molar-refractivity contribution in [1.29, 1.82) is 0 Å². The van der Waals surface area contributed by atoms with E-state index in [1.807, 2.05) is 50.2 Å². The first-order valence-corrected chi connectivity index (χ1v) is 9.58. The number of fused-ring (bicyclic) bond motifs is 1. The quantitative estimate of drug-likeness (QED) is 0.598. The SMILES string of the molecule is CCOC(=O)c1nc2ccccc2c(Nc2cccc(C)c2C)c1C(=O)OCC. The van der Waals surface area contributed by atoms with Crippen LogP contribution in [0.15, 0.2) is 42.5 Å². The molecule has 0 aliphatic heterocycles. The van der Waals surface area contributed by atoms with Crippen LogP contribution >= 0.6 is 0 Å². The Hall–Kier alpha value is -3.41. The van der Waals surface area contributed by atoms with Gasteiger partial charge in [-0.15, -0.1) is 0 Å². The van der Waals surface area contributed by atoms with Crippen LogP contribution < -0.4 is 5.32 Å². The standard InChI is InChI=1S/C23H24N2O4/c1-5-28-22(26)19-20(24-17-13-9-10-14(3)15(17)4)16-11-7-8-12-18(16)25-21(19)23(27)29-6-2/h7-13H,5-6H2,1-4H3,(H,24,25). The number of anilines is 2. The summed E-state index contributed by atoms with van der Waals surface area (Å²) in [5.74, 6) is -1.29. The fourth-order valence-electron chi connectivity index (χ4n) is 3.11. The van der Waals surface area contributed by atoms with Crippen molar-refractivity contribution in [3.05, 3.63) is 64.8 Å². The molecule has 0 bridgehead atoms. The molecule has 3 rings (SSSR count). The zero-order chi connectivity index (χ0) is 21.0. The zero-order valence-electron chi connectivity index (χ0n) is 17.0. The number of carbonyl (C=O) groups is 2. The number of rotatable bonds is 6. The van der Waals surface area contributed by atoms with Gasteiger partial charge in [0, 0.05) is 11.1 Å². The van der Waals surface area contributed by atoms with E-state index in [9.17, 15) is 9.59 Å². The summed E-state index contributed by atoms with van der Waals surface area (Å²) in [7, 11) is 0. The molecule has 0 saturated carbocycles. The summed E-state index contributed by atoms with van der Waals surface area (Å²) >= 11 is 0. The average Bonchev–Trinajstić information content (AvgIpc) is 2.71. The summed E-state index contributed by atoms with van der Waals surface area (Å²) in [6.45, 7) is 7.79. The Kier molecular flexibility index (Phi) is 6.12. The lowest BCUT2D eigenvalue weighted by molar-refractivity contribution is 0.0475. The van der Waals surface area contributed by atoms with E-state index in [0.29, 0.717) is 16.6 Å². The maximum Gasteiger partial charge on any atom is 0.357 e. The summed E-state index contributed by atoms with van der Waals surface area (Å²) in [6.07, 6.45) is 0. The van der Waals surface area contributed by atoms with Crippen LogP contribution in [0.2, 0.25) is 0 Å². The lowest BCUT2D eigenvalue weighted by Crippen LogP contribution is -2.18. The van der Waals surface area contributed by atoms with Crippen LogP contribution in [0.3, 0.4) is 0 Å². The first kappa shape index (κ1) is 20.3. The fraction of sp³-hybridized carbons (Fsp3) is 0.261. The number of hydrogen-bond acceptors (Lipinski definition) is 6. The Morgan fingerprint density at radius 1 is 0.931 bits per heavy atom. The van der Waals surface area contributed by atoms with Gasteiger partial charge < -0.3 is 14.8 Å². The normalized spacial score (nSPS) is 10.6. The number of benzene rings is 2. The summed E-state index contributed by atoms with van der Waals surface area (Å²) in [6, 6.07) is 13.2. The highest BCUT2D eigenvalue weighted by Crippen LogP contribution is 2.34. The van der Waals surface area contributed by atoms with Crippen molar-refractivity contribution in [2.24, 2.45) is 0 Å². The number of para-hydroxylation sites is 1. The first-order chi connectivity index (χ1) is 14.0. The van der Waals surface area contributed by atoms with Crippen LogP contribution in [0.5, 0.6) is 0 Å². The molecule has 0 unspecified atom stereocenters. The second-order valence-electron chi connectivity index (χ2n) is 6.54. The molecule has 0 amide bonds. The first-order valence-electron chi connectivity index (χ1n) is 9.58. The van der Waals surface area contributed by atoms with Crippen molar-refractivity contribution in [1.82, 2.24) is 4.98 Å². The summed E-state index contributed by atoms with van der Waals surface area (Å²) in [4.78, 5) is 29.9. The lowest BCUT2D eigenvalue weighted by atomic mass is 10.0. The Balaban J connectivity index is 2.31. The number of nitrogens with one attached hydrogen (secondary N) is 1. The van der Waals surface area contributed by atoms with Gasteiger partial charge in [0.1, 0.15) is 5.56 Å². The predicted molar refractivity (Wildman–Crippen MR) is 113 cm³/mol. The molecular formula is C23H24N2O4. The second-order valence-corrected chi connectivity index (χ2v) is 6.54. The number of carbonyl (C=O) groups excluding carboxylic acids is 2. The Morgan fingerprint density at radius 2 is 1.62 bits per heavy atom. The summed E-state index contributed by atoms with van der Waals surface area (Å²) in [5, 5.41) is 4.07. The molecule has 1 N–H and O–H groups in total. The zero-order valence-corrected chi connectivity index (χ0v) is 17.0. The van der Waals surface area contributed by atoms with Gasteiger partial charge in [-0.1, -0.05) is 30.3 Å². The molecule has 1 heterocycles. The Labute approximate surface area is 169 Å². The third-order valence-electron chi connectivity index (χ3n) is 4.71. The van der Waals surface area contributed by atoms with Gasteiger partial charge in [-0.3, -0.25) is 0 Å². The highest BCUT2D eigenvalue weighted by Gasteiger charge is 2.27. The van der Waals surface area contributed by atoms with E-state index >= 15 is 0 Å². The van der Waals surface area contributed by atoms with Crippen LogP contribution in [0, 0.1) is 13.8 Å². The van der Waals surface area contributed by atoms with Gasteiger partial charge in [-0.25, -0.2) is 14.6 Å². The third-order valence-corrected chi connectivity index (χ3v) is 4.71. The van der Waals surface area contributed by atoms with Crippen LogP contribution in [0.25, 0.3) is 10.9 Å². The van der Waals surface area contributed by atoms with Crippen molar-refractivity contribution in [3.8, 4) is 0 Å². The molecule has 0 aliphatic rings. The molecule has 0 radical (unpaired) electrons. The molecule has 6 nitrogen and oxygen atoms in total. The number of aromatic nitrogens is 1. The largest absolute Gasteiger partial charge is 0.462 e. The van der Waals surface area contributed by atoms with E-state index in [0.717, 1.165) is 16.8 Å².